The summed E-state index contributed by atoms with van der Waals surface area (Å²) in [4.78, 5) is 2.37. The molecule has 0 aliphatic rings. The lowest BCUT2D eigenvalue weighted by molar-refractivity contribution is 0.602. The van der Waals surface area contributed by atoms with Crippen LogP contribution in [0.15, 0.2) is 149 Å². The van der Waals surface area contributed by atoms with E-state index in [0.29, 0.717) is 0 Å². The van der Waals surface area contributed by atoms with Crippen LogP contribution in [0.2, 0.25) is 0 Å². The molecule has 0 N–H and O–H groups in total. The molecule has 9 rings (SSSR count). The van der Waals surface area contributed by atoms with Crippen molar-refractivity contribution in [2.24, 2.45) is 0 Å². The number of rotatable bonds is 7. The molecular formula is C46H33NO2S. The van der Waals surface area contributed by atoms with Crippen molar-refractivity contribution in [3.8, 4) is 22.3 Å². The third-order valence-electron chi connectivity index (χ3n) is 9.87. The van der Waals surface area contributed by atoms with E-state index < -0.39 is 0 Å². The van der Waals surface area contributed by atoms with Gasteiger partial charge in [0.1, 0.15) is 22.7 Å². The summed E-state index contributed by atoms with van der Waals surface area (Å²) in [6.07, 6.45) is 3.57. The fraction of sp³-hybridized carbons (Fsp3) is 0.0435. The van der Waals surface area contributed by atoms with Crippen molar-refractivity contribution < 1.29 is 8.83 Å². The zero-order chi connectivity index (χ0) is 33.9. The second kappa shape index (κ2) is 11.8. The summed E-state index contributed by atoms with van der Waals surface area (Å²) in [7, 11) is 0. The zero-order valence-corrected chi connectivity index (χ0v) is 28.7. The quantitative estimate of drug-likeness (QED) is 0.170. The summed E-state index contributed by atoms with van der Waals surface area (Å²) in [5, 5.41) is 4.74. The Morgan fingerprint density at radius 1 is 0.520 bits per heavy atom. The number of fused-ring (bicyclic) bond motifs is 5. The van der Waals surface area contributed by atoms with Crippen LogP contribution in [0.5, 0.6) is 0 Å². The van der Waals surface area contributed by atoms with E-state index in [2.05, 4.69) is 159 Å². The molecule has 0 saturated heterocycles. The number of nitrogens with zero attached hydrogens (tertiary/aromatic N) is 1. The molecule has 0 aliphatic carbocycles. The third kappa shape index (κ3) is 4.64. The van der Waals surface area contributed by atoms with Crippen molar-refractivity contribution in [1.29, 1.82) is 0 Å². The molecule has 0 saturated carbocycles. The first-order chi connectivity index (χ1) is 24.5. The van der Waals surface area contributed by atoms with Gasteiger partial charge >= 0.3 is 0 Å². The van der Waals surface area contributed by atoms with E-state index in [1.54, 1.807) is 12.2 Å². The Morgan fingerprint density at radius 2 is 1.00 bits per heavy atom. The average molecular weight is 664 g/mol. The minimum atomic E-state index is 0.814. The Hall–Kier alpha value is -6.10. The van der Waals surface area contributed by atoms with Crippen molar-refractivity contribution >= 4 is 82.7 Å². The Kier molecular flexibility index (Phi) is 7.08. The van der Waals surface area contributed by atoms with E-state index in [1.807, 2.05) is 11.3 Å². The van der Waals surface area contributed by atoms with Gasteiger partial charge in [0.05, 0.1) is 5.69 Å². The van der Waals surface area contributed by atoms with Crippen LogP contribution >= 0.6 is 11.3 Å². The molecule has 3 heterocycles. The van der Waals surface area contributed by atoms with E-state index in [0.717, 1.165) is 83.9 Å². The van der Waals surface area contributed by atoms with Crippen LogP contribution in [0.1, 0.15) is 22.6 Å². The third-order valence-corrected chi connectivity index (χ3v) is 11.0. The number of hydrogen-bond acceptors (Lipinski definition) is 4. The lowest BCUT2D eigenvalue weighted by Crippen LogP contribution is -2.10. The largest absolute Gasteiger partial charge is 0.456 e. The molecule has 0 unspecified atom stereocenters. The summed E-state index contributed by atoms with van der Waals surface area (Å²) < 4.78 is 15.1. The van der Waals surface area contributed by atoms with Gasteiger partial charge in [-0.05, 0) is 79.6 Å². The first-order valence-electron chi connectivity index (χ1n) is 16.7. The topological polar surface area (TPSA) is 29.5 Å². The van der Waals surface area contributed by atoms with Crippen LogP contribution in [0.3, 0.4) is 0 Å². The van der Waals surface area contributed by atoms with Gasteiger partial charge in [0.2, 0.25) is 0 Å². The fourth-order valence-electron chi connectivity index (χ4n) is 7.32. The van der Waals surface area contributed by atoms with Crippen LogP contribution in [0.4, 0.5) is 17.1 Å². The number of thiophene rings is 1. The van der Waals surface area contributed by atoms with Gasteiger partial charge in [0, 0.05) is 64.6 Å². The van der Waals surface area contributed by atoms with E-state index in [-0.39, 0.29) is 0 Å². The number of aryl methyl sites for hydroxylation is 2. The van der Waals surface area contributed by atoms with Crippen LogP contribution < -0.4 is 4.90 Å². The molecule has 240 valence electrons. The highest BCUT2D eigenvalue weighted by atomic mass is 32.1. The minimum Gasteiger partial charge on any atom is -0.456 e. The van der Waals surface area contributed by atoms with Crippen LogP contribution in [0, 0.1) is 13.8 Å². The van der Waals surface area contributed by atoms with E-state index >= 15 is 0 Å². The van der Waals surface area contributed by atoms with E-state index in [4.69, 9.17) is 8.83 Å². The van der Waals surface area contributed by atoms with Gasteiger partial charge in [-0.25, -0.2) is 0 Å². The predicted molar refractivity (Wildman–Crippen MR) is 214 cm³/mol. The molecule has 6 aromatic carbocycles. The highest BCUT2D eigenvalue weighted by Gasteiger charge is 2.20. The number of anilines is 3. The van der Waals surface area contributed by atoms with Crippen LogP contribution in [-0.4, -0.2) is 0 Å². The van der Waals surface area contributed by atoms with Gasteiger partial charge in [-0.1, -0.05) is 98.1 Å². The Bertz CT molecular complexity index is 2620. The Balaban J connectivity index is 1.20. The molecule has 0 radical (unpaired) electrons. The number of furan rings is 2. The average Bonchev–Trinajstić information content (AvgIpc) is 3.82. The summed E-state index contributed by atoms with van der Waals surface area (Å²) in [6.45, 7) is 12.1. The van der Waals surface area contributed by atoms with Gasteiger partial charge in [-0.15, -0.1) is 11.3 Å². The number of hydrogen-bond donors (Lipinski definition) is 0. The SMILES string of the molecule is C=Cc1oc2c(-c3ccc(N(c4ccc(-c5cccc6c(C)c(C=C)oc56)cc4)c4cccc5sc6ccccc6c45)cc3)cccc2c1C. The van der Waals surface area contributed by atoms with Crippen molar-refractivity contribution in [1.82, 2.24) is 0 Å². The lowest BCUT2D eigenvalue weighted by atomic mass is 10.0. The normalized spacial score (nSPS) is 11.6. The smallest absolute Gasteiger partial charge is 0.142 e. The highest BCUT2D eigenvalue weighted by Crippen LogP contribution is 2.46. The summed E-state index contributed by atoms with van der Waals surface area (Å²) in [5.74, 6) is 1.63. The molecule has 0 spiro atoms. The monoisotopic (exact) mass is 663 g/mol. The maximum Gasteiger partial charge on any atom is 0.142 e. The molecule has 0 bridgehead atoms. The summed E-state index contributed by atoms with van der Waals surface area (Å²) in [6, 6.07) is 45.6. The Morgan fingerprint density at radius 3 is 1.54 bits per heavy atom. The zero-order valence-electron chi connectivity index (χ0n) is 27.9. The summed E-state index contributed by atoms with van der Waals surface area (Å²) in [5.41, 5.74) is 11.6. The molecule has 50 heavy (non-hydrogen) atoms. The minimum absolute atomic E-state index is 0.814. The molecule has 0 amide bonds. The Labute approximate surface area is 294 Å². The van der Waals surface area contributed by atoms with Crippen LogP contribution in [-0.2, 0) is 0 Å². The molecule has 9 aromatic rings. The maximum absolute atomic E-state index is 6.28. The molecule has 0 aliphatic heterocycles. The second-order valence-electron chi connectivity index (χ2n) is 12.6. The van der Waals surface area contributed by atoms with Crippen LogP contribution in [0.25, 0.3) is 76.5 Å². The first kappa shape index (κ1) is 30.0. The molecule has 0 atom stereocenters. The van der Waals surface area contributed by atoms with Crippen molar-refractivity contribution in [3.05, 3.63) is 163 Å². The van der Waals surface area contributed by atoms with Gasteiger partial charge in [0.25, 0.3) is 0 Å². The van der Waals surface area contributed by atoms with Gasteiger partial charge in [-0.3, -0.25) is 0 Å². The molecule has 3 nitrogen and oxygen atoms in total. The standard InChI is InChI=1S/C46H33NO2S/c1-5-40-28(3)34-13-9-15-36(45(34)48-40)30-20-24-32(25-21-30)47(39-17-11-19-43-44(39)38-12-7-8-18-42(38)50-43)33-26-22-31(23-27-33)37-16-10-14-35-29(4)41(6-2)49-46(35)37/h5-27H,1-2H2,3-4H3. The number of para-hydroxylation sites is 2. The number of benzene rings is 6. The molecule has 4 heteroatoms. The molecular weight excluding hydrogens is 631 g/mol. The first-order valence-corrected chi connectivity index (χ1v) is 17.6. The van der Waals surface area contributed by atoms with Gasteiger partial charge in [0.15, 0.2) is 0 Å². The van der Waals surface area contributed by atoms with Crippen molar-refractivity contribution in [2.75, 3.05) is 4.90 Å². The second-order valence-corrected chi connectivity index (χ2v) is 13.7. The van der Waals surface area contributed by atoms with Gasteiger partial charge < -0.3 is 13.7 Å². The fourth-order valence-corrected chi connectivity index (χ4v) is 8.44. The highest BCUT2D eigenvalue weighted by molar-refractivity contribution is 7.26. The molecule has 3 aromatic heterocycles. The van der Waals surface area contributed by atoms with Crippen molar-refractivity contribution in [2.45, 2.75) is 13.8 Å². The maximum atomic E-state index is 6.28. The summed E-state index contributed by atoms with van der Waals surface area (Å²) >= 11 is 1.83. The van der Waals surface area contributed by atoms with E-state index in [1.165, 1.54) is 20.2 Å². The lowest BCUT2D eigenvalue weighted by Gasteiger charge is -2.27. The van der Waals surface area contributed by atoms with Crippen molar-refractivity contribution in [3.63, 3.8) is 0 Å². The van der Waals surface area contributed by atoms with Gasteiger partial charge in [-0.2, -0.15) is 0 Å². The molecule has 0 fully saturated rings. The van der Waals surface area contributed by atoms with E-state index in [9.17, 15) is 0 Å². The predicted octanol–water partition coefficient (Wildman–Crippen LogP) is 14.3.